The summed E-state index contributed by atoms with van der Waals surface area (Å²) in [6.45, 7) is 1.00. The molecule has 2 rings (SSSR count). The quantitative estimate of drug-likeness (QED) is 0.615. The molecule has 1 aromatic rings. The number of piperazine rings is 1. The SMILES string of the molecule is Cl.NCCNC(=O)c1ccc(S(=O)(=O)N2CCNC(=O)C2)cc1. The average Bonchev–Trinajstić information content (AvgIpc) is 2.52. The Morgan fingerprint density at radius 3 is 2.52 bits per heavy atom. The molecule has 23 heavy (non-hydrogen) atoms. The Morgan fingerprint density at radius 2 is 1.96 bits per heavy atom. The fourth-order valence-electron chi connectivity index (χ4n) is 2.04. The van der Waals surface area contributed by atoms with Crippen molar-refractivity contribution in [2.24, 2.45) is 5.73 Å². The minimum Gasteiger partial charge on any atom is -0.354 e. The third kappa shape index (κ3) is 4.64. The van der Waals surface area contributed by atoms with Crippen LogP contribution in [0.1, 0.15) is 10.4 Å². The number of amides is 2. The van der Waals surface area contributed by atoms with Gasteiger partial charge in [0.2, 0.25) is 15.9 Å². The van der Waals surface area contributed by atoms with E-state index < -0.39 is 10.0 Å². The Morgan fingerprint density at radius 1 is 1.30 bits per heavy atom. The molecule has 0 saturated carbocycles. The summed E-state index contributed by atoms with van der Waals surface area (Å²) >= 11 is 0. The molecule has 1 saturated heterocycles. The molecule has 0 atom stereocenters. The van der Waals surface area contributed by atoms with Crippen molar-refractivity contribution < 1.29 is 18.0 Å². The van der Waals surface area contributed by atoms with Crippen LogP contribution in [0, 0.1) is 0 Å². The topological polar surface area (TPSA) is 122 Å². The van der Waals surface area contributed by atoms with E-state index >= 15 is 0 Å². The molecule has 4 N–H and O–H groups in total. The van der Waals surface area contributed by atoms with E-state index in [-0.39, 0.29) is 48.8 Å². The van der Waals surface area contributed by atoms with Gasteiger partial charge in [0.1, 0.15) is 0 Å². The molecule has 1 aliphatic heterocycles. The van der Waals surface area contributed by atoms with Crippen molar-refractivity contribution in [3.63, 3.8) is 0 Å². The lowest BCUT2D eigenvalue weighted by Crippen LogP contribution is -2.49. The smallest absolute Gasteiger partial charge is 0.251 e. The van der Waals surface area contributed by atoms with Crippen LogP contribution >= 0.6 is 12.4 Å². The molecule has 0 unspecified atom stereocenters. The number of nitrogens with one attached hydrogen (secondary N) is 2. The van der Waals surface area contributed by atoms with Gasteiger partial charge in [-0.15, -0.1) is 12.4 Å². The van der Waals surface area contributed by atoms with Crippen molar-refractivity contribution in [1.82, 2.24) is 14.9 Å². The number of halogens is 1. The fraction of sp³-hybridized carbons (Fsp3) is 0.385. The van der Waals surface area contributed by atoms with Gasteiger partial charge in [-0.3, -0.25) is 9.59 Å². The van der Waals surface area contributed by atoms with Gasteiger partial charge in [-0.05, 0) is 24.3 Å². The van der Waals surface area contributed by atoms with E-state index in [2.05, 4.69) is 10.6 Å². The standard InChI is InChI=1S/C13H18N4O4S.ClH/c14-5-6-16-13(19)10-1-3-11(4-2-10)22(20,21)17-8-7-15-12(18)9-17;/h1-4H,5-9,14H2,(H,15,18)(H,16,19);1H. The second-order valence-electron chi connectivity index (χ2n) is 4.76. The summed E-state index contributed by atoms with van der Waals surface area (Å²) < 4.78 is 25.9. The van der Waals surface area contributed by atoms with Crippen molar-refractivity contribution in [3.05, 3.63) is 29.8 Å². The lowest BCUT2D eigenvalue weighted by molar-refractivity contribution is -0.122. The first-order valence-corrected chi connectivity index (χ1v) is 8.24. The summed E-state index contributed by atoms with van der Waals surface area (Å²) in [5.41, 5.74) is 5.65. The number of sulfonamides is 1. The number of hydrogen-bond acceptors (Lipinski definition) is 5. The molecule has 0 aromatic heterocycles. The van der Waals surface area contributed by atoms with Gasteiger partial charge in [0.15, 0.2) is 0 Å². The van der Waals surface area contributed by atoms with Gasteiger partial charge in [-0.25, -0.2) is 8.42 Å². The van der Waals surface area contributed by atoms with E-state index in [4.69, 9.17) is 5.73 Å². The summed E-state index contributed by atoms with van der Waals surface area (Å²) in [6.07, 6.45) is 0. The maximum atomic E-state index is 12.4. The molecule has 1 fully saturated rings. The van der Waals surface area contributed by atoms with Crippen LogP contribution in [0.2, 0.25) is 0 Å². The van der Waals surface area contributed by atoms with Crippen LogP contribution in [0.25, 0.3) is 0 Å². The van der Waals surface area contributed by atoms with Crippen molar-refractivity contribution in [3.8, 4) is 0 Å². The number of carbonyl (C=O) groups excluding carboxylic acids is 2. The first-order chi connectivity index (χ1) is 10.4. The van der Waals surface area contributed by atoms with Crippen LogP contribution in [0.5, 0.6) is 0 Å². The zero-order valence-electron chi connectivity index (χ0n) is 12.3. The minimum atomic E-state index is -3.73. The van der Waals surface area contributed by atoms with E-state index in [1.54, 1.807) is 0 Å². The second kappa shape index (κ2) is 8.25. The fourth-order valence-corrected chi connectivity index (χ4v) is 3.43. The Kier molecular flexibility index (Phi) is 6.95. The molecule has 8 nitrogen and oxygen atoms in total. The van der Waals surface area contributed by atoms with E-state index in [1.807, 2.05) is 0 Å². The third-order valence-corrected chi connectivity index (χ3v) is 5.05. The molecule has 128 valence electrons. The Hall–Kier alpha value is -1.68. The lowest BCUT2D eigenvalue weighted by Gasteiger charge is -2.25. The third-order valence-electron chi connectivity index (χ3n) is 3.19. The maximum absolute atomic E-state index is 12.4. The summed E-state index contributed by atoms with van der Waals surface area (Å²) in [7, 11) is -3.73. The predicted octanol–water partition coefficient (Wildman–Crippen LogP) is -1.08. The van der Waals surface area contributed by atoms with Crippen LogP contribution in [0.3, 0.4) is 0 Å². The first kappa shape index (κ1) is 19.4. The number of benzene rings is 1. The van der Waals surface area contributed by atoms with E-state index in [0.29, 0.717) is 18.7 Å². The average molecular weight is 363 g/mol. The molecule has 0 radical (unpaired) electrons. The Balaban J connectivity index is 0.00000264. The summed E-state index contributed by atoms with van der Waals surface area (Å²) in [5, 5.41) is 5.17. The molecular weight excluding hydrogens is 344 g/mol. The van der Waals surface area contributed by atoms with Crippen LogP contribution in [0.4, 0.5) is 0 Å². The van der Waals surface area contributed by atoms with E-state index in [9.17, 15) is 18.0 Å². The molecule has 2 amide bonds. The number of nitrogens with two attached hydrogens (primary N) is 1. The Labute approximate surface area is 140 Å². The van der Waals surface area contributed by atoms with Crippen molar-refractivity contribution in [2.45, 2.75) is 4.90 Å². The Bertz CT molecular complexity index is 663. The second-order valence-corrected chi connectivity index (χ2v) is 6.70. The molecule has 1 aromatic carbocycles. The van der Waals surface area contributed by atoms with Gasteiger partial charge in [0, 0.05) is 31.7 Å². The van der Waals surface area contributed by atoms with Crippen LogP contribution < -0.4 is 16.4 Å². The normalized spacial score (nSPS) is 15.4. The summed E-state index contributed by atoms with van der Waals surface area (Å²) in [4.78, 5) is 23.1. The number of nitrogens with zero attached hydrogens (tertiary/aromatic N) is 1. The molecule has 1 aliphatic rings. The number of hydrogen-bond donors (Lipinski definition) is 3. The predicted molar refractivity (Wildman–Crippen MR) is 86.8 cm³/mol. The van der Waals surface area contributed by atoms with Crippen LogP contribution in [-0.4, -0.2) is 57.3 Å². The number of rotatable bonds is 5. The largest absolute Gasteiger partial charge is 0.354 e. The summed E-state index contributed by atoms with van der Waals surface area (Å²) in [6, 6.07) is 5.59. The van der Waals surface area contributed by atoms with Gasteiger partial charge in [-0.1, -0.05) is 0 Å². The maximum Gasteiger partial charge on any atom is 0.251 e. The minimum absolute atomic E-state index is 0. The highest BCUT2D eigenvalue weighted by atomic mass is 35.5. The zero-order chi connectivity index (χ0) is 16.2. The highest BCUT2D eigenvalue weighted by Crippen LogP contribution is 2.17. The van der Waals surface area contributed by atoms with Gasteiger partial charge >= 0.3 is 0 Å². The van der Waals surface area contributed by atoms with Crippen LogP contribution in [0.15, 0.2) is 29.2 Å². The van der Waals surface area contributed by atoms with Gasteiger partial charge < -0.3 is 16.4 Å². The van der Waals surface area contributed by atoms with Crippen molar-refractivity contribution >= 4 is 34.2 Å². The zero-order valence-corrected chi connectivity index (χ0v) is 14.0. The van der Waals surface area contributed by atoms with Crippen LogP contribution in [-0.2, 0) is 14.8 Å². The first-order valence-electron chi connectivity index (χ1n) is 6.80. The molecule has 10 heteroatoms. The molecule has 1 heterocycles. The molecule has 0 spiro atoms. The number of carbonyl (C=O) groups is 2. The molecule has 0 aliphatic carbocycles. The lowest BCUT2D eigenvalue weighted by atomic mass is 10.2. The van der Waals surface area contributed by atoms with Gasteiger partial charge in [0.05, 0.1) is 11.4 Å². The molecular formula is C13H19ClN4O4S. The monoisotopic (exact) mass is 362 g/mol. The molecule has 0 bridgehead atoms. The van der Waals surface area contributed by atoms with E-state index in [1.165, 1.54) is 24.3 Å². The van der Waals surface area contributed by atoms with Gasteiger partial charge in [0.25, 0.3) is 5.91 Å². The van der Waals surface area contributed by atoms with Gasteiger partial charge in [-0.2, -0.15) is 4.31 Å². The van der Waals surface area contributed by atoms with Crippen molar-refractivity contribution in [1.29, 1.82) is 0 Å². The summed E-state index contributed by atoms with van der Waals surface area (Å²) in [5.74, 6) is -0.639. The van der Waals surface area contributed by atoms with Crippen molar-refractivity contribution in [2.75, 3.05) is 32.7 Å². The highest BCUT2D eigenvalue weighted by Gasteiger charge is 2.29. The highest BCUT2D eigenvalue weighted by molar-refractivity contribution is 7.89. The van der Waals surface area contributed by atoms with E-state index in [0.717, 1.165) is 4.31 Å².